The lowest BCUT2D eigenvalue weighted by atomic mass is 10.0. The topological polar surface area (TPSA) is 86.0 Å². The van der Waals surface area contributed by atoms with Crippen LogP contribution in [0.2, 0.25) is 0 Å². The minimum Gasteiger partial charge on any atom is -0.368 e. The van der Waals surface area contributed by atoms with Gasteiger partial charge in [-0.05, 0) is 40.6 Å². The Kier molecular flexibility index (Phi) is 5.90. The van der Waals surface area contributed by atoms with E-state index in [-0.39, 0.29) is 12.0 Å². The third kappa shape index (κ3) is 4.83. The fourth-order valence-corrected chi connectivity index (χ4v) is 3.49. The first kappa shape index (κ1) is 19.2. The molecule has 1 aliphatic rings. The Hall–Kier alpha value is -3.13. The van der Waals surface area contributed by atoms with Gasteiger partial charge < -0.3 is 9.64 Å². The predicted octanol–water partition coefficient (Wildman–Crippen LogP) is 1.96. The van der Waals surface area contributed by atoms with E-state index in [1.807, 2.05) is 29.2 Å². The van der Waals surface area contributed by atoms with Gasteiger partial charge in [-0.25, -0.2) is 4.68 Å². The first-order valence-corrected chi connectivity index (χ1v) is 9.79. The normalized spacial score (nSPS) is 16.7. The number of nitrogens with zero attached hydrogens (tertiary/aromatic N) is 6. The number of aromatic nitrogens is 5. The maximum Gasteiger partial charge on any atom is 0.224 e. The number of amides is 1. The third-order valence-corrected chi connectivity index (χ3v) is 5.16. The van der Waals surface area contributed by atoms with Crippen molar-refractivity contribution >= 4 is 5.91 Å². The predicted molar refractivity (Wildman–Crippen MR) is 106 cm³/mol. The number of benzene rings is 1. The Balaban J connectivity index is 1.40. The van der Waals surface area contributed by atoms with Crippen LogP contribution in [-0.2, 0) is 22.5 Å². The molecule has 0 aliphatic carbocycles. The second-order valence-corrected chi connectivity index (χ2v) is 7.18. The van der Waals surface area contributed by atoms with Crippen LogP contribution in [0, 0.1) is 6.92 Å². The number of hydrogen-bond acceptors (Lipinski definition) is 6. The Labute approximate surface area is 169 Å². The standard InChI is InChI=1S/C21H24N6O2/c1-16-5-2-3-6-17(16)13-18-7-4-8-19(23-18)20-14-26(11-12-29-20)21(28)9-10-27-15-22-24-25-27/h2-8,15,20H,9-14H2,1H3. The maximum absolute atomic E-state index is 12.6. The highest BCUT2D eigenvalue weighted by Gasteiger charge is 2.26. The van der Waals surface area contributed by atoms with Gasteiger partial charge in [-0.2, -0.15) is 0 Å². The molecular weight excluding hydrogens is 368 g/mol. The first-order valence-electron chi connectivity index (χ1n) is 9.79. The molecule has 8 nitrogen and oxygen atoms in total. The molecule has 1 saturated heterocycles. The highest BCUT2D eigenvalue weighted by molar-refractivity contribution is 5.76. The van der Waals surface area contributed by atoms with E-state index in [2.05, 4.69) is 40.6 Å². The van der Waals surface area contributed by atoms with Crippen molar-refractivity contribution in [2.45, 2.75) is 32.4 Å². The van der Waals surface area contributed by atoms with E-state index in [0.717, 1.165) is 17.8 Å². The van der Waals surface area contributed by atoms with Crippen molar-refractivity contribution in [1.82, 2.24) is 30.1 Å². The van der Waals surface area contributed by atoms with Crippen LogP contribution in [0.1, 0.15) is 35.0 Å². The number of pyridine rings is 1. The van der Waals surface area contributed by atoms with Gasteiger partial charge in [0.05, 0.1) is 25.4 Å². The van der Waals surface area contributed by atoms with Crippen LogP contribution < -0.4 is 0 Å². The number of tetrazole rings is 1. The number of carbonyl (C=O) groups is 1. The molecule has 1 fully saturated rings. The van der Waals surface area contributed by atoms with Crippen molar-refractivity contribution in [1.29, 1.82) is 0 Å². The van der Waals surface area contributed by atoms with Crippen molar-refractivity contribution in [3.63, 3.8) is 0 Å². The Morgan fingerprint density at radius 3 is 2.93 bits per heavy atom. The first-order chi connectivity index (χ1) is 14.2. The lowest BCUT2D eigenvalue weighted by Gasteiger charge is -2.33. The van der Waals surface area contributed by atoms with Crippen molar-refractivity contribution in [2.75, 3.05) is 19.7 Å². The van der Waals surface area contributed by atoms with Crippen LogP contribution in [0.25, 0.3) is 0 Å². The summed E-state index contributed by atoms with van der Waals surface area (Å²) in [7, 11) is 0. The second kappa shape index (κ2) is 8.91. The van der Waals surface area contributed by atoms with Gasteiger partial charge in [0.25, 0.3) is 0 Å². The van der Waals surface area contributed by atoms with Gasteiger partial charge in [-0.3, -0.25) is 9.78 Å². The largest absolute Gasteiger partial charge is 0.368 e. The molecular formula is C21H24N6O2. The molecule has 0 spiro atoms. The van der Waals surface area contributed by atoms with Gasteiger partial charge in [0.2, 0.25) is 5.91 Å². The van der Waals surface area contributed by atoms with Crippen LogP contribution in [0.5, 0.6) is 0 Å². The molecule has 1 unspecified atom stereocenters. The molecule has 2 aromatic heterocycles. The molecule has 1 aliphatic heterocycles. The quantitative estimate of drug-likeness (QED) is 0.637. The van der Waals surface area contributed by atoms with E-state index in [9.17, 15) is 4.79 Å². The van der Waals surface area contributed by atoms with Crippen molar-refractivity contribution in [2.24, 2.45) is 0 Å². The van der Waals surface area contributed by atoms with Gasteiger partial charge >= 0.3 is 0 Å². The van der Waals surface area contributed by atoms with Crippen molar-refractivity contribution < 1.29 is 9.53 Å². The summed E-state index contributed by atoms with van der Waals surface area (Å²) in [5.41, 5.74) is 4.39. The summed E-state index contributed by atoms with van der Waals surface area (Å²) in [5.74, 6) is 0.0739. The molecule has 29 heavy (non-hydrogen) atoms. The van der Waals surface area contributed by atoms with E-state index in [1.165, 1.54) is 17.5 Å². The number of aryl methyl sites for hydroxylation is 2. The fourth-order valence-electron chi connectivity index (χ4n) is 3.49. The number of morpholine rings is 1. The molecule has 150 valence electrons. The number of hydrogen-bond donors (Lipinski definition) is 0. The summed E-state index contributed by atoms with van der Waals surface area (Å²) in [6.45, 7) is 4.19. The monoisotopic (exact) mass is 392 g/mol. The molecule has 3 heterocycles. The second-order valence-electron chi connectivity index (χ2n) is 7.18. The van der Waals surface area contributed by atoms with Crippen LogP contribution in [-0.4, -0.2) is 55.7 Å². The smallest absolute Gasteiger partial charge is 0.224 e. The van der Waals surface area contributed by atoms with Gasteiger partial charge in [-0.1, -0.05) is 30.3 Å². The zero-order valence-corrected chi connectivity index (χ0v) is 16.4. The Morgan fingerprint density at radius 1 is 1.21 bits per heavy atom. The van der Waals surface area contributed by atoms with Crippen molar-refractivity contribution in [3.05, 3.63) is 71.3 Å². The molecule has 0 saturated carbocycles. The van der Waals surface area contributed by atoms with E-state index in [1.54, 1.807) is 4.68 Å². The number of ether oxygens (including phenoxy) is 1. The highest BCUT2D eigenvalue weighted by Crippen LogP contribution is 2.22. The zero-order valence-electron chi connectivity index (χ0n) is 16.4. The van der Waals surface area contributed by atoms with E-state index < -0.39 is 0 Å². The SMILES string of the molecule is Cc1ccccc1Cc1cccc(C2CN(C(=O)CCn3cnnn3)CCO2)n1. The summed E-state index contributed by atoms with van der Waals surface area (Å²) in [4.78, 5) is 19.2. The van der Waals surface area contributed by atoms with Crippen LogP contribution in [0.4, 0.5) is 0 Å². The fraction of sp³-hybridized carbons (Fsp3) is 0.381. The zero-order chi connectivity index (χ0) is 20.1. The summed E-state index contributed by atoms with van der Waals surface area (Å²) in [6.07, 6.45) is 2.44. The Bertz CT molecular complexity index is 959. The van der Waals surface area contributed by atoms with Crippen LogP contribution in [0.15, 0.2) is 48.8 Å². The average Bonchev–Trinajstić information content (AvgIpc) is 3.28. The van der Waals surface area contributed by atoms with Crippen LogP contribution >= 0.6 is 0 Å². The molecule has 4 rings (SSSR count). The highest BCUT2D eigenvalue weighted by atomic mass is 16.5. The summed E-state index contributed by atoms with van der Waals surface area (Å²) in [6, 6.07) is 14.4. The number of rotatable bonds is 6. The molecule has 1 aromatic carbocycles. The summed E-state index contributed by atoms with van der Waals surface area (Å²) < 4.78 is 7.49. The Morgan fingerprint density at radius 2 is 2.10 bits per heavy atom. The molecule has 8 heteroatoms. The summed E-state index contributed by atoms with van der Waals surface area (Å²) in [5, 5.41) is 11.0. The minimum atomic E-state index is -0.211. The van der Waals surface area contributed by atoms with Crippen molar-refractivity contribution in [3.8, 4) is 0 Å². The minimum absolute atomic E-state index is 0.0739. The molecule has 0 bridgehead atoms. The van der Waals surface area contributed by atoms with Gasteiger partial charge in [0, 0.05) is 25.1 Å². The number of carbonyl (C=O) groups excluding carboxylic acids is 1. The molecule has 0 N–H and O–H groups in total. The van der Waals surface area contributed by atoms with E-state index >= 15 is 0 Å². The maximum atomic E-state index is 12.6. The lowest BCUT2D eigenvalue weighted by Crippen LogP contribution is -2.42. The molecule has 3 aromatic rings. The lowest BCUT2D eigenvalue weighted by molar-refractivity contribution is -0.139. The van der Waals surface area contributed by atoms with Crippen LogP contribution in [0.3, 0.4) is 0 Å². The van der Waals surface area contributed by atoms with E-state index in [4.69, 9.17) is 9.72 Å². The van der Waals surface area contributed by atoms with Gasteiger partial charge in [0.1, 0.15) is 12.4 Å². The molecule has 0 radical (unpaired) electrons. The average molecular weight is 392 g/mol. The van der Waals surface area contributed by atoms with Gasteiger partial charge in [0.15, 0.2) is 0 Å². The molecule has 1 atom stereocenters. The van der Waals surface area contributed by atoms with Gasteiger partial charge in [-0.15, -0.1) is 5.10 Å². The summed E-state index contributed by atoms with van der Waals surface area (Å²) >= 11 is 0. The third-order valence-electron chi connectivity index (χ3n) is 5.16. The molecule has 1 amide bonds. The van der Waals surface area contributed by atoms with E-state index in [0.29, 0.717) is 32.7 Å².